The summed E-state index contributed by atoms with van der Waals surface area (Å²) in [6.07, 6.45) is 1.79. The van der Waals surface area contributed by atoms with Gasteiger partial charge in [0, 0.05) is 24.3 Å². The Morgan fingerprint density at radius 2 is 2.21 bits per heavy atom. The lowest BCUT2D eigenvalue weighted by atomic mass is 10.1. The molecule has 1 heterocycles. The summed E-state index contributed by atoms with van der Waals surface area (Å²) in [4.78, 5) is 16.0. The third kappa shape index (κ3) is 4.86. The van der Waals surface area contributed by atoms with Gasteiger partial charge in [-0.15, -0.1) is 0 Å². The predicted molar refractivity (Wildman–Crippen MR) is 92.2 cm³/mol. The molecular weight excluding hydrogens is 328 g/mol. The third-order valence-corrected chi connectivity index (χ3v) is 3.63. The third-order valence-electron chi connectivity index (χ3n) is 3.28. The average molecular weight is 345 g/mol. The fourth-order valence-electron chi connectivity index (χ4n) is 2.05. The molecule has 0 fully saturated rings. The van der Waals surface area contributed by atoms with Crippen LogP contribution >= 0.6 is 11.6 Å². The summed E-state index contributed by atoms with van der Waals surface area (Å²) < 4.78 is 5.07. The molecule has 1 amide bonds. The second-order valence-corrected chi connectivity index (χ2v) is 5.33. The largest absolute Gasteiger partial charge is 0.497 e. The number of halogens is 1. The van der Waals surface area contributed by atoms with Crippen molar-refractivity contribution >= 4 is 23.3 Å². The standard InChI is InChI=1S/C17H17ClN4O2/c1-24-14-5-4-12(15(18)10-14)9-16(23)20-7-8-22-17-13(11-19)3-2-6-21-17/h2-6,10H,7-9H2,1H3,(H,20,23)(H,21,22). The molecule has 2 N–H and O–H groups in total. The van der Waals surface area contributed by atoms with Crippen LogP contribution in [0.3, 0.4) is 0 Å². The number of rotatable bonds is 7. The van der Waals surface area contributed by atoms with Gasteiger partial charge in [-0.1, -0.05) is 17.7 Å². The normalized spacial score (nSPS) is 9.88. The molecule has 1 aromatic carbocycles. The highest BCUT2D eigenvalue weighted by Crippen LogP contribution is 2.22. The number of aromatic nitrogens is 1. The maximum absolute atomic E-state index is 12.0. The van der Waals surface area contributed by atoms with E-state index in [0.29, 0.717) is 35.2 Å². The van der Waals surface area contributed by atoms with E-state index in [-0.39, 0.29) is 12.3 Å². The van der Waals surface area contributed by atoms with Crippen molar-refractivity contribution in [3.8, 4) is 11.8 Å². The van der Waals surface area contributed by atoms with Gasteiger partial charge >= 0.3 is 0 Å². The Morgan fingerprint density at radius 3 is 2.92 bits per heavy atom. The zero-order valence-electron chi connectivity index (χ0n) is 13.2. The van der Waals surface area contributed by atoms with Gasteiger partial charge in [-0.3, -0.25) is 4.79 Å². The van der Waals surface area contributed by atoms with Gasteiger partial charge in [0.25, 0.3) is 0 Å². The van der Waals surface area contributed by atoms with E-state index in [0.717, 1.165) is 5.56 Å². The van der Waals surface area contributed by atoms with Crippen LogP contribution in [0.25, 0.3) is 0 Å². The first-order valence-corrected chi connectivity index (χ1v) is 7.70. The fourth-order valence-corrected chi connectivity index (χ4v) is 2.29. The van der Waals surface area contributed by atoms with Crippen LogP contribution < -0.4 is 15.4 Å². The zero-order chi connectivity index (χ0) is 17.4. The molecular formula is C17H17ClN4O2. The van der Waals surface area contributed by atoms with Crippen LogP contribution in [0, 0.1) is 11.3 Å². The second-order valence-electron chi connectivity index (χ2n) is 4.92. The summed E-state index contributed by atoms with van der Waals surface area (Å²) in [6, 6.07) is 10.6. The van der Waals surface area contributed by atoms with Gasteiger partial charge in [0.05, 0.1) is 19.1 Å². The van der Waals surface area contributed by atoms with Crippen molar-refractivity contribution in [1.82, 2.24) is 10.3 Å². The first-order valence-electron chi connectivity index (χ1n) is 7.32. The molecule has 0 aliphatic carbocycles. The number of nitrogens with zero attached hydrogens (tertiary/aromatic N) is 2. The minimum Gasteiger partial charge on any atom is -0.497 e. The maximum Gasteiger partial charge on any atom is 0.224 e. The molecule has 24 heavy (non-hydrogen) atoms. The molecule has 0 bridgehead atoms. The molecule has 2 rings (SSSR count). The number of nitriles is 1. The number of ether oxygens (including phenoxy) is 1. The molecule has 1 aromatic heterocycles. The van der Waals surface area contributed by atoms with E-state index in [2.05, 4.69) is 21.7 Å². The van der Waals surface area contributed by atoms with Crippen LogP contribution in [0.2, 0.25) is 5.02 Å². The summed E-state index contributed by atoms with van der Waals surface area (Å²) in [6.45, 7) is 0.877. The van der Waals surface area contributed by atoms with Crippen LogP contribution in [0.5, 0.6) is 5.75 Å². The van der Waals surface area contributed by atoms with E-state index >= 15 is 0 Å². The van der Waals surface area contributed by atoms with E-state index in [4.69, 9.17) is 21.6 Å². The topological polar surface area (TPSA) is 87.0 Å². The van der Waals surface area contributed by atoms with Crippen LogP contribution in [0.15, 0.2) is 36.5 Å². The van der Waals surface area contributed by atoms with Crippen LogP contribution in [-0.4, -0.2) is 31.1 Å². The monoisotopic (exact) mass is 344 g/mol. The molecule has 0 aliphatic heterocycles. The number of hydrogen-bond acceptors (Lipinski definition) is 5. The summed E-state index contributed by atoms with van der Waals surface area (Å²) in [5.74, 6) is 1.02. The van der Waals surface area contributed by atoms with Gasteiger partial charge < -0.3 is 15.4 Å². The number of carbonyl (C=O) groups excluding carboxylic acids is 1. The number of pyridine rings is 1. The fraction of sp³-hybridized carbons (Fsp3) is 0.235. The van der Waals surface area contributed by atoms with Crippen molar-refractivity contribution in [1.29, 1.82) is 5.26 Å². The van der Waals surface area contributed by atoms with Crippen LogP contribution in [-0.2, 0) is 11.2 Å². The smallest absolute Gasteiger partial charge is 0.224 e. The van der Waals surface area contributed by atoms with Gasteiger partial charge in [-0.05, 0) is 29.8 Å². The first kappa shape index (κ1) is 17.6. The number of benzene rings is 1. The van der Waals surface area contributed by atoms with Crippen molar-refractivity contribution in [2.24, 2.45) is 0 Å². The minimum absolute atomic E-state index is 0.134. The van der Waals surface area contributed by atoms with Crippen LogP contribution in [0.4, 0.5) is 5.82 Å². The Morgan fingerprint density at radius 1 is 1.38 bits per heavy atom. The van der Waals surface area contributed by atoms with Crippen molar-refractivity contribution in [3.05, 3.63) is 52.7 Å². The Labute approximate surface area is 145 Å². The van der Waals surface area contributed by atoms with E-state index in [9.17, 15) is 4.79 Å². The van der Waals surface area contributed by atoms with Gasteiger partial charge in [-0.2, -0.15) is 5.26 Å². The summed E-state index contributed by atoms with van der Waals surface area (Å²) in [5.41, 5.74) is 1.20. The summed E-state index contributed by atoms with van der Waals surface area (Å²) in [7, 11) is 1.56. The van der Waals surface area contributed by atoms with Gasteiger partial charge in [-0.25, -0.2) is 4.98 Å². The number of nitrogens with one attached hydrogen (secondary N) is 2. The highest BCUT2D eigenvalue weighted by molar-refractivity contribution is 6.31. The molecule has 0 unspecified atom stereocenters. The number of anilines is 1. The highest BCUT2D eigenvalue weighted by Gasteiger charge is 2.08. The molecule has 124 valence electrons. The molecule has 6 nitrogen and oxygen atoms in total. The molecule has 0 radical (unpaired) electrons. The average Bonchev–Trinajstić information content (AvgIpc) is 2.60. The summed E-state index contributed by atoms with van der Waals surface area (Å²) >= 11 is 6.12. The Balaban J connectivity index is 1.79. The molecule has 0 saturated heterocycles. The van der Waals surface area contributed by atoms with Gasteiger partial charge in [0.2, 0.25) is 5.91 Å². The molecule has 0 atom stereocenters. The molecule has 0 spiro atoms. The van der Waals surface area contributed by atoms with Gasteiger partial charge in [0.1, 0.15) is 17.6 Å². The molecule has 0 aliphatic rings. The lowest BCUT2D eigenvalue weighted by molar-refractivity contribution is -0.120. The van der Waals surface area contributed by atoms with Crippen molar-refractivity contribution in [2.45, 2.75) is 6.42 Å². The number of methoxy groups -OCH3 is 1. The molecule has 7 heteroatoms. The van der Waals surface area contributed by atoms with Crippen molar-refractivity contribution in [3.63, 3.8) is 0 Å². The highest BCUT2D eigenvalue weighted by atomic mass is 35.5. The number of amides is 1. The van der Waals surface area contributed by atoms with Crippen molar-refractivity contribution in [2.75, 3.05) is 25.5 Å². The first-order chi connectivity index (χ1) is 11.6. The second kappa shape index (κ2) is 8.75. The Bertz CT molecular complexity index is 758. The minimum atomic E-state index is -0.134. The lowest BCUT2D eigenvalue weighted by Crippen LogP contribution is -2.30. The number of hydrogen-bond donors (Lipinski definition) is 2. The van der Waals surface area contributed by atoms with Gasteiger partial charge in [0.15, 0.2) is 0 Å². The maximum atomic E-state index is 12.0. The molecule has 2 aromatic rings. The Hall–Kier alpha value is -2.78. The van der Waals surface area contributed by atoms with E-state index < -0.39 is 0 Å². The molecule has 0 saturated carbocycles. The van der Waals surface area contributed by atoms with E-state index in [1.165, 1.54) is 0 Å². The summed E-state index contributed by atoms with van der Waals surface area (Å²) in [5, 5.41) is 15.3. The zero-order valence-corrected chi connectivity index (χ0v) is 13.9. The predicted octanol–water partition coefficient (Wildman–Crippen LogP) is 2.39. The number of carbonyl (C=O) groups is 1. The van der Waals surface area contributed by atoms with E-state index in [1.54, 1.807) is 43.6 Å². The van der Waals surface area contributed by atoms with E-state index in [1.807, 2.05) is 0 Å². The lowest BCUT2D eigenvalue weighted by Gasteiger charge is -2.09. The van der Waals surface area contributed by atoms with Crippen LogP contribution in [0.1, 0.15) is 11.1 Å². The van der Waals surface area contributed by atoms with Crippen molar-refractivity contribution < 1.29 is 9.53 Å². The quantitative estimate of drug-likeness (QED) is 0.753. The SMILES string of the molecule is COc1ccc(CC(=O)NCCNc2ncccc2C#N)c(Cl)c1. The Kier molecular flexibility index (Phi) is 6.41.